The Bertz CT molecular complexity index is 1120. The Labute approximate surface area is 176 Å². The van der Waals surface area contributed by atoms with Crippen LogP contribution in [0.5, 0.6) is 0 Å². The maximum absolute atomic E-state index is 12.4. The fraction of sp³-hybridized carbons (Fsp3) is 0.0476. The first-order valence-electron chi connectivity index (χ1n) is 8.48. The minimum absolute atomic E-state index is 0.129. The number of aromatic nitrogens is 1. The minimum atomic E-state index is -0.596. The number of rotatable bonds is 5. The number of nitrogens with zero attached hydrogens (tertiary/aromatic N) is 3. The molecule has 0 saturated carbocycles. The fourth-order valence-electron chi connectivity index (χ4n) is 2.50. The van der Waals surface area contributed by atoms with Crippen molar-refractivity contribution in [3.05, 3.63) is 76.3 Å². The highest BCUT2D eigenvalue weighted by molar-refractivity contribution is 7.14. The van der Waals surface area contributed by atoms with E-state index in [9.17, 15) is 14.9 Å². The zero-order valence-electron chi connectivity index (χ0n) is 15.3. The van der Waals surface area contributed by atoms with Crippen LogP contribution in [0.15, 0.2) is 65.6 Å². The van der Waals surface area contributed by atoms with E-state index in [2.05, 4.69) is 10.3 Å². The van der Waals surface area contributed by atoms with Gasteiger partial charge in [-0.25, -0.2) is 4.98 Å². The van der Waals surface area contributed by atoms with Crippen molar-refractivity contribution in [3.8, 4) is 6.07 Å². The highest BCUT2D eigenvalue weighted by Crippen LogP contribution is 2.29. The number of benzene rings is 2. The third-order valence-corrected chi connectivity index (χ3v) is 4.98. The summed E-state index contributed by atoms with van der Waals surface area (Å²) >= 11 is 7.28. The van der Waals surface area contributed by atoms with Crippen LogP contribution in [-0.2, 0) is 9.59 Å². The minimum Gasteiger partial charge on any atom is -0.320 e. The molecule has 3 aromatic rings. The van der Waals surface area contributed by atoms with Crippen LogP contribution in [0.4, 0.5) is 16.5 Å². The molecule has 6 nitrogen and oxygen atoms in total. The molecule has 144 valence electrons. The number of halogens is 1. The molecule has 1 N–H and O–H groups in total. The van der Waals surface area contributed by atoms with Crippen LogP contribution in [-0.4, -0.2) is 16.8 Å². The molecule has 0 aliphatic heterocycles. The number of nitrogens with one attached hydrogen (secondary N) is 1. The average molecular weight is 423 g/mol. The quantitative estimate of drug-likeness (QED) is 0.461. The van der Waals surface area contributed by atoms with Crippen molar-refractivity contribution >= 4 is 57.3 Å². The number of anilines is 3. The van der Waals surface area contributed by atoms with Crippen molar-refractivity contribution in [2.24, 2.45) is 0 Å². The Kier molecular flexibility index (Phi) is 6.39. The van der Waals surface area contributed by atoms with Crippen LogP contribution in [0.1, 0.15) is 12.6 Å². The van der Waals surface area contributed by atoms with Gasteiger partial charge in [0.1, 0.15) is 11.6 Å². The number of nitriles is 1. The number of amides is 2. The van der Waals surface area contributed by atoms with E-state index >= 15 is 0 Å². The Hall–Kier alpha value is -3.47. The van der Waals surface area contributed by atoms with Crippen molar-refractivity contribution < 1.29 is 9.59 Å². The predicted octanol–water partition coefficient (Wildman–Crippen LogP) is 5.03. The van der Waals surface area contributed by atoms with Crippen molar-refractivity contribution in [2.45, 2.75) is 6.92 Å². The molecule has 3 rings (SSSR count). The Balaban J connectivity index is 1.85. The first-order valence-corrected chi connectivity index (χ1v) is 9.74. The van der Waals surface area contributed by atoms with Crippen LogP contribution >= 0.6 is 22.9 Å². The van der Waals surface area contributed by atoms with Gasteiger partial charge in [0.25, 0.3) is 5.91 Å². The second-order valence-corrected chi connectivity index (χ2v) is 7.09. The van der Waals surface area contributed by atoms with Gasteiger partial charge in [0.15, 0.2) is 5.13 Å². The molecule has 0 aliphatic rings. The molecule has 0 radical (unpaired) electrons. The van der Waals surface area contributed by atoms with Gasteiger partial charge in [-0.3, -0.25) is 14.5 Å². The van der Waals surface area contributed by atoms with Gasteiger partial charge in [-0.2, -0.15) is 5.26 Å². The maximum Gasteiger partial charge on any atom is 0.266 e. The number of carbonyl (C=O) groups is 2. The zero-order chi connectivity index (χ0) is 20.8. The summed E-state index contributed by atoms with van der Waals surface area (Å²) in [6.07, 6.45) is 1.37. The number of hydrogen-bond acceptors (Lipinski definition) is 5. The molecule has 2 amide bonds. The highest BCUT2D eigenvalue weighted by Gasteiger charge is 2.18. The fourth-order valence-corrected chi connectivity index (χ4v) is 3.53. The van der Waals surface area contributed by atoms with Crippen molar-refractivity contribution in [3.63, 3.8) is 0 Å². The van der Waals surface area contributed by atoms with Gasteiger partial charge in [-0.05, 0) is 30.3 Å². The summed E-state index contributed by atoms with van der Waals surface area (Å²) in [6, 6.07) is 17.7. The second kappa shape index (κ2) is 9.15. The summed E-state index contributed by atoms with van der Waals surface area (Å²) in [5.41, 5.74) is 1.36. The summed E-state index contributed by atoms with van der Waals surface area (Å²) in [7, 11) is 0. The van der Waals surface area contributed by atoms with E-state index in [0.29, 0.717) is 27.2 Å². The molecule has 0 atom stereocenters. The van der Waals surface area contributed by atoms with E-state index < -0.39 is 5.91 Å². The molecule has 0 aliphatic carbocycles. The molecule has 1 heterocycles. The number of para-hydroxylation sites is 2. The van der Waals surface area contributed by atoms with Gasteiger partial charge < -0.3 is 5.32 Å². The second-order valence-electron chi connectivity index (χ2n) is 5.85. The van der Waals surface area contributed by atoms with Crippen molar-refractivity contribution in [1.82, 2.24) is 4.98 Å². The molecule has 1 aromatic heterocycles. The van der Waals surface area contributed by atoms with Gasteiger partial charge in [0, 0.05) is 12.3 Å². The Morgan fingerprint density at radius 2 is 1.86 bits per heavy atom. The van der Waals surface area contributed by atoms with Gasteiger partial charge in [0.2, 0.25) is 5.91 Å². The van der Waals surface area contributed by atoms with Gasteiger partial charge in [-0.1, -0.05) is 41.9 Å². The lowest BCUT2D eigenvalue weighted by atomic mass is 10.2. The molecule has 2 aromatic carbocycles. The monoisotopic (exact) mass is 422 g/mol. The van der Waals surface area contributed by atoms with E-state index in [0.717, 1.165) is 0 Å². The van der Waals surface area contributed by atoms with Gasteiger partial charge in [-0.15, -0.1) is 11.3 Å². The topological polar surface area (TPSA) is 86.1 Å². The normalized spacial score (nSPS) is 10.9. The lowest BCUT2D eigenvalue weighted by Gasteiger charge is -2.17. The molecule has 0 saturated heterocycles. The largest absolute Gasteiger partial charge is 0.320 e. The molecular formula is C21H15ClN4O2S. The van der Waals surface area contributed by atoms with Gasteiger partial charge >= 0.3 is 0 Å². The van der Waals surface area contributed by atoms with Crippen molar-refractivity contribution in [1.29, 1.82) is 5.26 Å². The summed E-state index contributed by atoms with van der Waals surface area (Å²) in [6.45, 7) is 1.45. The van der Waals surface area contributed by atoms with E-state index in [4.69, 9.17) is 11.6 Å². The van der Waals surface area contributed by atoms with E-state index in [1.54, 1.807) is 41.8 Å². The summed E-state index contributed by atoms with van der Waals surface area (Å²) in [5.74, 6) is -0.792. The summed E-state index contributed by atoms with van der Waals surface area (Å²) in [5, 5.41) is 14.5. The number of hydrogen-bond donors (Lipinski definition) is 1. The molecule has 29 heavy (non-hydrogen) atoms. The predicted molar refractivity (Wildman–Crippen MR) is 115 cm³/mol. The summed E-state index contributed by atoms with van der Waals surface area (Å²) < 4.78 is 0. The third-order valence-electron chi connectivity index (χ3n) is 3.81. The number of carbonyl (C=O) groups excluding carboxylic acids is 2. The maximum atomic E-state index is 12.4. The zero-order valence-corrected chi connectivity index (χ0v) is 16.9. The van der Waals surface area contributed by atoms with Crippen LogP contribution < -0.4 is 10.2 Å². The standard InChI is InChI=1S/C21H15ClN4O2S/c1-14(27)26(17-7-3-2-4-8-17)21-24-16(13-29-21)11-15(12-23)20(28)25-19-10-6-5-9-18(19)22/h2-11,13H,1H3,(H,25,28)/b15-11+. The average Bonchev–Trinajstić information content (AvgIpc) is 3.16. The third kappa shape index (κ3) is 4.88. The highest BCUT2D eigenvalue weighted by atomic mass is 35.5. The molecule has 0 bridgehead atoms. The van der Waals surface area contributed by atoms with Crippen LogP contribution in [0.2, 0.25) is 5.02 Å². The lowest BCUT2D eigenvalue weighted by Crippen LogP contribution is -2.22. The first-order chi connectivity index (χ1) is 14.0. The van der Waals surface area contributed by atoms with Crippen LogP contribution in [0.25, 0.3) is 6.08 Å². The van der Waals surface area contributed by atoms with E-state index in [1.165, 1.54) is 29.2 Å². The van der Waals surface area contributed by atoms with Gasteiger partial charge in [0.05, 0.1) is 22.1 Å². The van der Waals surface area contributed by atoms with Crippen LogP contribution in [0, 0.1) is 11.3 Å². The SMILES string of the molecule is CC(=O)N(c1ccccc1)c1nc(/C=C(\C#N)C(=O)Nc2ccccc2Cl)cs1. The summed E-state index contributed by atoms with van der Waals surface area (Å²) in [4.78, 5) is 30.4. The number of thiazole rings is 1. The first kappa shape index (κ1) is 20.3. The Morgan fingerprint density at radius 1 is 1.17 bits per heavy atom. The smallest absolute Gasteiger partial charge is 0.266 e. The van der Waals surface area contributed by atoms with Crippen molar-refractivity contribution in [2.75, 3.05) is 10.2 Å². The molecule has 0 unspecified atom stereocenters. The van der Waals surface area contributed by atoms with E-state index in [-0.39, 0.29) is 11.5 Å². The molecular weight excluding hydrogens is 408 g/mol. The molecule has 0 spiro atoms. The molecule has 0 fully saturated rings. The van der Waals surface area contributed by atoms with Crippen LogP contribution in [0.3, 0.4) is 0 Å². The Morgan fingerprint density at radius 3 is 2.52 bits per heavy atom. The van der Waals surface area contributed by atoms with E-state index in [1.807, 2.05) is 24.3 Å². The lowest BCUT2D eigenvalue weighted by molar-refractivity contribution is -0.116. The molecule has 8 heteroatoms.